The number of nitrogens with two attached hydrogens (primary N) is 1. The average Bonchev–Trinajstić information content (AvgIpc) is 2.21. The standard InChI is InChI=1S/C12H16F2N2O/c1-12(2,15)7-16-10(17)6-8-4-3-5-9(13)11(8)14/h3-5H,6-7,15H2,1-2H3,(H,16,17). The Morgan fingerprint density at radius 2 is 2.06 bits per heavy atom. The van der Waals surface area contributed by atoms with Crippen LogP contribution in [0.3, 0.4) is 0 Å². The second kappa shape index (κ2) is 5.23. The molecule has 1 aromatic rings. The van der Waals surface area contributed by atoms with Gasteiger partial charge in [-0.25, -0.2) is 8.78 Å². The van der Waals surface area contributed by atoms with E-state index in [1.165, 1.54) is 12.1 Å². The van der Waals surface area contributed by atoms with Gasteiger partial charge in [0.25, 0.3) is 0 Å². The Morgan fingerprint density at radius 1 is 1.41 bits per heavy atom. The summed E-state index contributed by atoms with van der Waals surface area (Å²) in [5.41, 5.74) is 5.19. The van der Waals surface area contributed by atoms with Crippen molar-refractivity contribution >= 4 is 5.91 Å². The van der Waals surface area contributed by atoms with Gasteiger partial charge in [0, 0.05) is 17.6 Å². The molecule has 0 spiro atoms. The highest BCUT2D eigenvalue weighted by atomic mass is 19.2. The Balaban J connectivity index is 2.60. The monoisotopic (exact) mass is 242 g/mol. The van der Waals surface area contributed by atoms with Crippen molar-refractivity contribution < 1.29 is 13.6 Å². The Kier molecular flexibility index (Phi) is 4.17. The summed E-state index contributed by atoms with van der Waals surface area (Å²) in [6.45, 7) is 3.80. The maximum atomic E-state index is 13.3. The molecule has 0 aliphatic heterocycles. The van der Waals surface area contributed by atoms with Gasteiger partial charge in [-0.1, -0.05) is 12.1 Å². The van der Waals surface area contributed by atoms with Crippen molar-refractivity contribution in [3.8, 4) is 0 Å². The van der Waals surface area contributed by atoms with Crippen LogP contribution in [0.4, 0.5) is 8.78 Å². The number of hydrogen-bond acceptors (Lipinski definition) is 2. The summed E-state index contributed by atoms with van der Waals surface area (Å²) < 4.78 is 26.1. The van der Waals surface area contributed by atoms with Crippen molar-refractivity contribution in [2.24, 2.45) is 5.73 Å². The summed E-state index contributed by atoms with van der Waals surface area (Å²) in [5.74, 6) is -2.31. The normalized spacial score (nSPS) is 11.4. The summed E-state index contributed by atoms with van der Waals surface area (Å²) in [6.07, 6.45) is -0.195. The van der Waals surface area contributed by atoms with Gasteiger partial charge in [-0.3, -0.25) is 4.79 Å². The van der Waals surface area contributed by atoms with Crippen LogP contribution in [0.1, 0.15) is 19.4 Å². The van der Waals surface area contributed by atoms with E-state index in [1.54, 1.807) is 13.8 Å². The first-order chi connectivity index (χ1) is 7.79. The van der Waals surface area contributed by atoms with E-state index in [-0.39, 0.29) is 24.4 Å². The summed E-state index contributed by atoms with van der Waals surface area (Å²) in [7, 11) is 0. The third-order valence-electron chi connectivity index (χ3n) is 2.12. The van der Waals surface area contributed by atoms with E-state index in [4.69, 9.17) is 5.73 Å². The van der Waals surface area contributed by atoms with Gasteiger partial charge in [-0.05, 0) is 19.9 Å². The highest BCUT2D eigenvalue weighted by Crippen LogP contribution is 2.11. The lowest BCUT2D eigenvalue weighted by atomic mass is 10.1. The van der Waals surface area contributed by atoms with Crippen LogP contribution in [-0.4, -0.2) is 18.0 Å². The van der Waals surface area contributed by atoms with Crippen LogP contribution in [0.2, 0.25) is 0 Å². The largest absolute Gasteiger partial charge is 0.354 e. The Hall–Kier alpha value is -1.49. The van der Waals surface area contributed by atoms with Crippen LogP contribution >= 0.6 is 0 Å². The van der Waals surface area contributed by atoms with E-state index < -0.39 is 17.2 Å². The van der Waals surface area contributed by atoms with Crippen molar-refractivity contribution in [3.63, 3.8) is 0 Å². The molecule has 94 valence electrons. The molecule has 0 atom stereocenters. The fraction of sp³-hybridized carbons (Fsp3) is 0.417. The van der Waals surface area contributed by atoms with Crippen molar-refractivity contribution in [2.75, 3.05) is 6.54 Å². The van der Waals surface area contributed by atoms with Crippen molar-refractivity contribution in [1.82, 2.24) is 5.32 Å². The van der Waals surface area contributed by atoms with Gasteiger partial charge < -0.3 is 11.1 Å². The summed E-state index contributed by atoms with van der Waals surface area (Å²) in [4.78, 5) is 11.5. The second-order valence-electron chi connectivity index (χ2n) is 4.66. The maximum absolute atomic E-state index is 13.3. The van der Waals surface area contributed by atoms with Gasteiger partial charge in [0.05, 0.1) is 6.42 Å². The molecule has 0 radical (unpaired) electrons. The van der Waals surface area contributed by atoms with E-state index in [0.29, 0.717) is 0 Å². The smallest absolute Gasteiger partial charge is 0.224 e. The zero-order chi connectivity index (χ0) is 13.1. The van der Waals surface area contributed by atoms with Gasteiger partial charge in [0.2, 0.25) is 5.91 Å². The SMILES string of the molecule is CC(C)(N)CNC(=O)Cc1cccc(F)c1F. The molecule has 17 heavy (non-hydrogen) atoms. The van der Waals surface area contributed by atoms with Gasteiger partial charge >= 0.3 is 0 Å². The number of carbonyl (C=O) groups excluding carboxylic acids is 1. The lowest BCUT2D eigenvalue weighted by molar-refractivity contribution is -0.120. The van der Waals surface area contributed by atoms with Crippen molar-refractivity contribution in [2.45, 2.75) is 25.8 Å². The summed E-state index contributed by atoms with van der Waals surface area (Å²) in [6, 6.07) is 3.76. The van der Waals surface area contributed by atoms with Gasteiger partial charge in [-0.15, -0.1) is 0 Å². The minimum atomic E-state index is -0.977. The van der Waals surface area contributed by atoms with Crippen LogP contribution < -0.4 is 11.1 Å². The molecule has 0 unspecified atom stereocenters. The molecule has 5 heteroatoms. The van der Waals surface area contributed by atoms with Crippen LogP contribution in [-0.2, 0) is 11.2 Å². The number of rotatable bonds is 4. The van der Waals surface area contributed by atoms with E-state index in [2.05, 4.69) is 5.32 Å². The first-order valence-corrected chi connectivity index (χ1v) is 5.28. The molecule has 0 aliphatic carbocycles. The molecule has 1 rings (SSSR count). The van der Waals surface area contributed by atoms with E-state index >= 15 is 0 Å². The Morgan fingerprint density at radius 3 is 2.65 bits per heavy atom. The number of carbonyl (C=O) groups is 1. The molecule has 0 saturated carbocycles. The molecule has 1 aromatic carbocycles. The fourth-order valence-corrected chi connectivity index (χ4v) is 1.25. The quantitative estimate of drug-likeness (QED) is 0.837. The van der Waals surface area contributed by atoms with Crippen LogP contribution in [0.25, 0.3) is 0 Å². The van der Waals surface area contributed by atoms with E-state index in [9.17, 15) is 13.6 Å². The molecule has 3 nitrogen and oxygen atoms in total. The molecular weight excluding hydrogens is 226 g/mol. The highest BCUT2D eigenvalue weighted by molar-refractivity contribution is 5.78. The summed E-state index contributed by atoms with van der Waals surface area (Å²) >= 11 is 0. The molecule has 0 aromatic heterocycles. The van der Waals surface area contributed by atoms with Crippen LogP contribution in [0.15, 0.2) is 18.2 Å². The maximum Gasteiger partial charge on any atom is 0.224 e. The first kappa shape index (κ1) is 13.6. The molecule has 0 heterocycles. The Labute approximate surface area is 99.0 Å². The number of benzene rings is 1. The Bertz CT molecular complexity index is 413. The number of hydrogen-bond donors (Lipinski definition) is 2. The molecular formula is C12H16F2N2O. The lowest BCUT2D eigenvalue weighted by Crippen LogP contribution is -2.45. The third-order valence-corrected chi connectivity index (χ3v) is 2.12. The third kappa shape index (κ3) is 4.48. The second-order valence-corrected chi connectivity index (χ2v) is 4.66. The molecule has 0 bridgehead atoms. The van der Waals surface area contributed by atoms with E-state index in [0.717, 1.165) is 6.07 Å². The van der Waals surface area contributed by atoms with E-state index in [1.807, 2.05) is 0 Å². The van der Waals surface area contributed by atoms with Crippen molar-refractivity contribution in [3.05, 3.63) is 35.4 Å². The lowest BCUT2D eigenvalue weighted by Gasteiger charge is -2.18. The number of halogens is 2. The minimum Gasteiger partial charge on any atom is -0.354 e. The van der Waals surface area contributed by atoms with Crippen LogP contribution in [0, 0.1) is 11.6 Å². The predicted molar refractivity (Wildman–Crippen MR) is 61.3 cm³/mol. The zero-order valence-corrected chi connectivity index (χ0v) is 9.89. The van der Waals surface area contributed by atoms with Gasteiger partial charge in [-0.2, -0.15) is 0 Å². The molecule has 0 saturated heterocycles. The topological polar surface area (TPSA) is 55.1 Å². The first-order valence-electron chi connectivity index (χ1n) is 5.28. The molecule has 0 fully saturated rings. The molecule has 1 amide bonds. The summed E-state index contributed by atoms with van der Waals surface area (Å²) in [5, 5.41) is 2.56. The van der Waals surface area contributed by atoms with Gasteiger partial charge in [0.15, 0.2) is 11.6 Å². The van der Waals surface area contributed by atoms with Gasteiger partial charge in [0.1, 0.15) is 0 Å². The van der Waals surface area contributed by atoms with Crippen LogP contribution in [0.5, 0.6) is 0 Å². The average molecular weight is 242 g/mol. The van der Waals surface area contributed by atoms with Crippen molar-refractivity contribution in [1.29, 1.82) is 0 Å². The predicted octanol–water partition coefficient (Wildman–Crippen LogP) is 1.36. The molecule has 3 N–H and O–H groups in total. The minimum absolute atomic E-state index is 0.0392. The highest BCUT2D eigenvalue weighted by Gasteiger charge is 2.14. The zero-order valence-electron chi connectivity index (χ0n) is 9.89. The number of amides is 1. The number of nitrogens with one attached hydrogen (secondary N) is 1. The molecule has 0 aliphatic rings. The fourth-order valence-electron chi connectivity index (χ4n) is 1.25.